The Morgan fingerprint density at radius 2 is 1.33 bits per heavy atom. The van der Waals surface area contributed by atoms with Crippen LogP contribution in [0.25, 0.3) is 21.5 Å². The van der Waals surface area contributed by atoms with Gasteiger partial charge in [-0.25, -0.2) is 9.97 Å². The van der Waals surface area contributed by atoms with Crippen molar-refractivity contribution >= 4 is 41.8 Å². The maximum atomic E-state index is 12.6. The van der Waals surface area contributed by atoms with Gasteiger partial charge in [0.25, 0.3) is 0 Å². The van der Waals surface area contributed by atoms with Gasteiger partial charge in [-0.15, -0.1) is 0 Å². The van der Waals surface area contributed by atoms with E-state index in [-0.39, 0.29) is 21.5 Å². The molecule has 0 unspecified atom stereocenters. The molecule has 3 rings (SSSR count). The molecule has 3 aromatic rings. The Bertz CT molecular complexity index is 1350. The highest BCUT2D eigenvalue weighted by molar-refractivity contribution is 7.88. The molecule has 16 heteroatoms. The van der Waals surface area contributed by atoms with Gasteiger partial charge in [0.05, 0.1) is 5.39 Å². The summed E-state index contributed by atoms with van der Waals surface area (Å²) >= 11 is 0. The molecular formula is C14H6F6N2O6S2. The zero-order chi connectivity index (χ0) is 22.5. The van der Waals surface area contributed by atoms with Crippen molar-refractivity contribution in [3.63, 3.8) is 0 Å². The fraction of sp³-hybridized carbons (Fsp3) is 0.143. The van der Waals surface area contributed by atoms with Crippen LogP contribution in [0.5, 0.6) is 11.8 Å². The molecule has 0 saturated carbocycles. The summed E-state index contributed by atoms with van der Waals surface area (Å²) in [6.45, 7) is 0. The number of fused-ring (bicyclic) bond motifs is 3. The summed E-state index contributed by atoms with van der Waals surface area (Å²) < 4.78 is 128. The lowest BCUT2D eigenvalue weighted by molar-refractivity contribution is -0.0505. The molecule has 8 nitrogen and oxygen atoms in total. The van der Waals surface area contributed by atoms with Crippen LogP contribution in [0.3, 0.4) is 0 Å². The van der Waals surface area contributed by atoms with Crippen LogP contribution >= 0.6 is 0 Å². The van der Waals surface area contributed by atoms with Crippen molar-refractivity contribution in [2.75, 3.05) is 0 Å². The number of pyridine rings is 2. The highest BCUT2D eigenvalue weighted by Gasteiger charge is 2.49. The first kappa shape index (κ1) is 21.8. The van der Waals surface area contributed by atoms with E-state index in [1.165, 1.54) is 18.2 Å². The van der Waals surface area contributed by atoms with E-state index in [4.69, 9.17) is 0 Å². The molecule has 0 aliphatic carbocycles. The first-order valence-electron chi connectivity index (χ1n) is 7.31. The van der Waals surface area contributed by atoms with Gasteiger partial charge < -0.3 is 8.37 Å². The average Bonchev–Trinajstić information content (AvgIpc) is 2.59. The van der Waals surface area contributed by atoms with Crippen LogP contribution in [0.15, 0.2) is 36.7 Å². The Morgan fingerprint density at radius 1 is 0.767 bits per heavy atom. The third kappa shape index (κ3) is 3.91. The summed E-state index contributed by atoms with van der Waals surface area (Å²) in [6, 6.07) is 4.57. The molecule has 0 saturated heterocycles. The summed E-state index contributed by atoms with van der Waals surface area (Å²) in [4.78, 5) is 6.85. The Balaban J connectivity index is 2.16. The molecule has 162 valence electrons. The molecule has 0 amide bonds. The second kappa shape index (κ2) is 6.83. The minimum atomic E-state index is -6.07. The zero-order valence-corrected chi connectivity index (χ0v) is 15.5. The normalized spacial score (nSPS) is 13.5. The van der Waals surface area contributed by atoms with E-state index in [0.29, 0.717) is 0 Å². The number of hydrogen-bond acceptors (Lipinski definition) is 8. The van der Waals surface area contributed by atoms with E-state index >= 15 is 0 Å². The lowest BCUT2D eigenvalue weighted by Crippen LogP contribution is -2.28. The second-order valence-electron chi connectivity index (χ2n) is 5.49. The van der Waals surface area contributed by atoms with Crippen LogP contribution in [-0.2, 0) is 20.2 Å². The average molecular weight is 476 g/mol. The van der Waals surface area contributed by atoms with Crippen molar-refractivity contribution in [1.29, 1.82) is 0 Å². The van der Waals surface area contributed by atoms with Crippen molar-refractivity contribution in [2.45, 2.75) is 11.0 Å². The van der Waals surface area contributed by atoms with Crippen LogP contribution < -0.4 is 8.37 Å². The van der Waals surface area contributed by atoms with E-state index in [0.717, 1.165) is 18.5 Å². The smallest absolute Gasteiger partial charge is 0.355 e. The van der Waals surface area contributed by atoms with Crippen molar-refractivity contribution in [1.82, 2.24) is 9.97 Å². The molecule has 0 N–H and O–H groups in total. The van der Waals surface area contributed by atoms with Gasteiger partial charge in [-0.2, -0.15) is 43.2 Å². The third-order valence-corrected chi connectivity index (χ3v) is 5.42. The standard InChI is InChI=1S/C14H6F6N2O6S2/c15-13(16,17)29(23,24)27-10-5-8-2-1-7-3-4-21-12(11(7)9(8)6-22-10)28-30(25,26)14(18,19)20/h1-6H. The number of alkyl halides is 6. The third-order valence-electron chi connectivity index (χ3n) is 3.52. The lowest BCUT2D eigenvalue weighted by atomic mass is 10.1. The van der Waals surface area contributed by atoms with Crippen LogP contribution in [-0.4, -0.2) is 37.8 Å². The summed E-state index contributed by atoms with van der Waals surface area (Å²) in [5.41, 5.74) is -11.5. The van der Waals surface area contributed by atoms with Crippen LogP contribution in [0.4, 0.5) is 26.3 Å². The van der Waals surface area contributed by atoms with Crippen LogP contribution in [0, 0.1) is 0 Å². The SMILES string of the molecule is O=S(=O)(Oc1cc2ccc3ccnc(OS(=O)(=O)C(F)(F)F)c3c2cn1)C(F)(F)F. The minimum absolute atomic E-state index is 0.0490. The first-order chi connectivity index (χ1) is 13.6. The number of halogens is 6. The van der Waals surface area contributed by atoms with Crippen molar-refractivity contribution < 1.29 is 51.5 Å². The fourth-order valence-electron chi connectivity index (χ4n) is 2.26. The summed E-state index contributed by atoms with van der Waals surface area (Å²) in [5.74, 6) is -1.94. The zero-order valence-electron chi connectivity index (χ0n) is 13.9. The van der Waals surface area contributed by atoms with Gasteiger partial charge in [0.1, 0.15) is 0 Å². The second-order valence-corrected chi connectivity index (χ2v) is 8.57. The van der Waals surface area contributed by atoms with Gasteiger partial charge in [0.2, 0.25) is 11.8 Å². The lowest BCUT2D eigenvalue weighted by Gasteiger charge is -2.12. The number of nitrogens with zero attached hydrogens (tertiary/aromatic N) is 2. The van der Waals surface area contributed by atoms with Crippen molar-refractivity contribution in [3.8, 4) is 11.8 Å². The molecule has 1 aromatic carbocycles. The Kier molecular flexibility index (Phi) is 4.97. The molecule has 30 heavy (non-hydrogen) atoms. The van der Waals surface area contributed by atoms with Gasteiger partial charge in [0.15, 0.2) is 0 Å². The Hall–Kier alpha value is -2.88. The van der Waals surface area contributed by atoms with Crippen LogP contribution in [0.2, 0.25) is 0 Å². The molecule has 0 aliphatic rings. The first-order valence-corrected chi connectivity index (χ1v) is 10.1. The minimum Gasteiger partial charge on any atom is -0.355 e. The molecular weight excluding hydrogens is 470 g/mol. The van der Waals surface area contributed by atoms with Gasteiger partial charge in [-0.05, 0) is 16.8 Å². The van der Waals surface area contributed by atoms with Crippen LogP contribution in [0.1, 0.15) is 0 Å². The molecule has 2 aromatic heterocycles. The quantitative estimate of drug-likeness (QED) is 0.244. The molecule has 0 aliphatic heterocycles. The Labute approximate surface area is 163 Å². The summed E-state index contributed by atoms with van der Waals surface area (Å²) in [6.07, 6.45) is 1.74. The number of rotatable bonds is 4. The maximum absolute atomic E-state index is 12.6. The summed E-state index contributed by atoms with van der Waals surface area (Å²) in [5, 5.41) is -0.249. The fourth-order valence-corrected chi connectivity index (χ4v) is 3.10. The van der Waals surface area contributed by atoms with E-state index in [1.807, 2.05) is 0 Å². The predicted octanol–water partition coefficient (Wildman–Crippen LogP) is 3.24. The van der Waals surface area contributed by atoms with E-state index < -0.39 is 43.0 Å². The van der Waals surface area contributed by atoms with Gasteiger partial charge in [0, 0.05) is 23.8 Å². The molecule has 2 heterocycles. The van der Waals surface area contributed by atoms with E-state index in [9.17, 15) is 43.2 Å². The number of benzene rings is 1. The highest BCUT2D eigenvalue weighted by Crippen LogP contribution is 2.35. The van der Waals surface area contributed by atoms with Crippen molar-refractivity contribution in [3.05, 3.63) is 36.7 Å². The van der Waals surface area contributed by atoms with Gasteiger partial charge in [-0.1, -0.05) is 12.1 Å². The summed E-state index contributed by atoms with van der Waals surface area (Å²) in [7, 11) is -12.1. The number of hydrogen-bond donors (Lipinski definition) is 0. The van der Waals surface area contributed by atoms with E-state index in [1.54, 1.807) is 0 Å². The molecule has 0 atom stereocenters. The molecule has 0 radical (unpaired) electrons. The molecule has 0 bridgehead atoms. The monoisotopic (exact) mass is 476 g/mol. The van der Waals surface area contributed by atoms with Crippen molar-refractivity contribution in [2.24, 2.45) is 0 Å². The Morgan fingerprint density at radius 3 is 1.93 bits per heavy atom. The molecule has 0 spiro atoms. The van der Waals surface area contributed by atoms with Gasteiger partial charge in [-0.3, -0.25) is 0 Å². The largest absolute Gasteiger partial charge is 0.534 e. The predicted molar refractivity (Wildman–Crippen MR) is 88.2 cm³/mol. The molecule has 0 fully saturated rings. The van der Waals surface area contributed by atoms with Gasteiger partial charge >= 0.3 is 31.3 Å². The maximum Gasteiger partial charge on any atom is 0.534 e. The highest BCUT2D eigenvalue weighted by atomic mass is 32.2. The topological polar surface area (TPSA) is 113 Å². The number of aromatic nitrogens is 2. The van der Waals surface area contributed by atoms with E-state index in [2.05, 4.69) is 18.3 Å².